The van der Waals surface area contributed by atoms with Gasteiger partial charge in [0.2, 0.25) is 35.4 Å². The van der Waals surface area contributed by atoms with Crippen LogP contribution in [-0.4, -0.2) is 138 Å². The molecule has 0 bridgehead atoms. The van der Waals surface area contributed by atoms with Crippen LogP contribution in [0.5, 0.6) is 0 Å². The Bertz CT molecular complexity index is 1080. The number of rotatable bonds is 38. The second kappa shape index (κ2) is 37.1. The molecule has 1 atom stereocenters. The molecule has 0 fully saturated rings. The van der Waals surface area contributed by atoms with E-state index in [9.17, 15) is 38.7 Å². The van der Waals surface area contributed by atoms with Crippen molar-refractivity contribution in [3.63, 3.8) is 0 Å². The average Bonchev–Trinajstić information content (AvgIpc) is 3.15. The maximum absolute atomic E-state index is 12.2. The quantitative estimate of drug-likeness (QED) is 0.0428. The number of amides is 6. The van der Waals surface area contributed by atoms with E-state index in [4.69, 9.17) is 18.9 Å². The van der Waals surface area contributed by atoms with Crippen LogP contribution in [0.25, 0.3) is 0 Å². The number of ether oxygens (including phenoxy) is 4. The number of carbonyl (C=O) groups excluding carboxylic acids is 6. The van der Waals surface area contributed by atoms with Gasteiger partial charge in [0, 0.05) is 58.4 Å². The van der Waals surface area contributed by atoms with Gasteiger partial charge in [-0.2, -0.15) is 0 Å². The Morgan fingerprint density at radius 2 is 0.855 bits per heavy atom. The first kappa shape index (κ1) is 51.1. The second-order valence-corrected chi connectivity index (χ2v) is 12.8. The van der Waals surface area contributed by atoms with Crippen LogP contribution in [-0.2, 0) is 52.5 Å². The molecule has 55 heavy (non-hydrogen) atoms. The lowest BCUT2D eigenvalue weighted by atomic mass is 10.1. The summed E-state index contributed by atoms with van der Waals surface area (Å²) in [4.78, 5) is 83.0. The summed E-state index contributed by atoms with van der Waals surface area (Å²) in [6.45, 7) is 7.00. The molecule has 0 radical (unpaired) electrons. The number of carboxylic acids is 1. The van der Waals surface area contributed by atoms with E-state index in [-0.39, 0.29) is 115 Å². The Hall–Kier alpha value is -3.87. The van der Waals surface area contributed by atoms with Gasteiger partial charge in [0.1, 0.15) is 19.3 Å². The Morgan fingerprint density at radius 3 is 1.40 bits per heavy atom. The molecule has 6 amide bonds. The first-order valence-electron chi connectivity index (χ1n) is 19.8. The smallest absolute Gasteiger partial charge is 0.326 e. The molecule has 7 N–H and O–H groups in total. The summed E-state index contributed by atoms with van der Waals surface area (Å²) in [5, 5.41) is 25.4. The molecule has 0 aliphatic heterocycles. The van der Waals surface area contributed by atoms with Crippen molar-refractivity contribution in [2.75, 3.05) is 85.6 Å². The zero-order valence-electron chi connectivity index (χ0n) is 33.1. The van der Waals surface area contributed by atoms with Crippen molar-refractivity contribution in [2.24, 2.45) is 0 Å². The van der Waals surface area contributed by atoms with Crippen LogP contribution in [0, 0.1) is 0 Å². The molecular weight excluding hydrogens is 720 g/mol. The van der Waals surface area contributed by atoms with Crippen molar-refractivity contribution in [3.05, 3.63) is 0 Å². The highest BCUT2D eigenvalue weighted by Crippen LogP contribution is 2.05. The van der Waals surface area contributed by atoms with E-state index in [1.807, 2.05) is 0 Å². The molecule has 0 saturated heterocycles. The van der Waals surface area contributed by atoms with Crippen LogP contribution in [0.2, 0.25) is 0 Å². The van der Waals surface area contributed by atoms with Gasteiger partial charge < -0.3 is 56.0 Å². The molecule has 1 unspecified atom stereocenters. The van der Waals surface area contributed by atoms with E-state index < -0.39 is 17.9 Å². The number of unbranched alkanes of at least 4 members (excludes halogenated alkanes) is 5. The zero-order chi connectivity index (χ0) is 40.8. The number of nitrogens with one attached hydrogen (secondary N) is 6. The molecule has 0 aliphatic rings. The van der Waals surface area contributed by atoms with Crippen LogP contribution in [0.1, 0.15) is 104 Å². The maximum Gasteiger partial charge on any atom is 0.326 e. The molecule has 0 aromatic carbocycles. The highest BCUT2D eigenvalue weighted by molar-refractivity contribution is 5.84. The Labute approximate surface area is 326 Å². The second-order valence-electron chi connectivity index (χ2n) is 12.8. The summed E-state index contributed by atoms with van der Waals surface area (Å²) < 4.78 is 21.2. The summed E-state index contributed by atoms with van der Waals surface area (Å²) in [6.07, 6.45) is 8.84. The minimum atomic E-state index is -1.24. The average molecular weight is 789 g/mol. The van der Waals surface area contributed by atoms with Gasteiger partial charge in [0.15, 0.2) is 0 Å². The van der Waals surface area contributed by atoms with Crippen molar-refractivity contribution in [1.82, 2.24) is 31.9 Å². The molecule has 0 aromatic heterocycles. The first-order chi connectivity index (χ1) is 26.6. The van der Waals surface area contributed by atoms with Gasteiger partial charge in [-0.25, -0.2) is 4.79 Å². The van der Waals surface area contributed by atoms with E-state index in [1.54, 1.807) is 0 Å². The summed E-state index contributed by atoms with van der Waals surface area (Å²) in [5.41, 5.74) is 0. The predicted octanol–water partition coefficient (Wildman–Crippen LogP) is 0.704. The topological polar surface area (TPSA) is 249 Å². The number of hydrogen-bond acceptors (Lipinski definition) is 11. The van der Waals surface area contributed by atoms with Gasteiger partial charge in [-0.15, -0.1) is 0 Å². The molecule has 0 aromatic rings. The Morgan fingerprint density at radius 1 is 0.436 bits per heavy atom. The third-order valence-electron chi connectivity index (χ3n) is 7.81. The number of hydrogen-bond donors (Lipinski definition) is 7. The van der Waals surface area contributed by atoms with E-state index in [2.05, 4.69) is 45.7 Å². The van der Waals surface area contributed by atoms with Crippen molar-refractivity contribution in [3.8, 4) is 0 Å². The third-order valence-corrected chi connectivity index (χ3v) is 7.81. The number of carboxylic acid groups (broad SMARTS) is 1. The van der Waals surface area contributed by atoms with Crippen molar-refractivity contribution < 1.29 is 57.6 Å². The molecule has 0 heterocycles. The minimum absolute atomic E-state index is 0.0201. The van der Waals surface area contributed by atoms with Crippen LogP contribution < -0.4 is 31.9 Å². The molecule has 0 aliphatic carbocycles. The van der Waals surface area contributed by atoms with Crippen LogP contribution in [0.15, 0.2) is 0 Å². The van der Waals surface area contributed by atoms with Crippen LogP contribution in [0.4, 0.5) is 0 Å². The van der Waals surface area contributed by atoms with Crippen molar-refractivity contribution >= 4 is 41.4 Å². The van der Waals surface area contributed by atoms with E-state index in [0.29, 0.717) is 45.3 Å². The molecular formula is C37H68N6O12. The van der Waals surface area contributed by atoms with Gasteiger partial charge >= 0.3 is 5.97 Å². The fraction of sp³-hybridized carbons (Fsp3) is 0.811. The lowest BCUT2D eigenvalue weighted by Gasteiger charge is -2.14. The maximum atomic E-state index is 12.2. The summed E-state index contributed by atoms with van der Waals surface area (Å²) in [6, 6.07) is -1.21. The van der Waals surface area contributed by atoms with Gasteiger partial charge in [0.25, 0.3) is 0 Å². The molecule has 0 spiro atoms. The monoisotopic (exact) mass is 788 g/mol. The zero-order valence-corrected chi connectivity index (χ0v) is 33.1. The minimum Gasteiger partial charge on any atom is -0.480 e. The van der Waals surface area contributed by atoms with E-state index in [0.717, 1.165) is 44.9 Å². The van der Waals surface area contributed by atoms with Crippen molar-refractivity contribution in [2.45, 2.75) is 110 Å². The number of aliphatic carboxylic acids is 1. The van der Waals surface area contributed by atoms with Gasteiger partial charge in [-0.05, 0) is 32.1 Å². The fourth-order valence-electron chi connectivity index (χ4n) is 4.71. The highest BCUT2D eigenvalue weighted by Gasteiger charge is 2.21. The molecule has 0 saturated carbocycles. The van der Waals surface area contributed by atoms with Gasteiger partial charge in [-0.1, -0.05) is 46.0 Å². The Balaban J connectivity index is 3.70. The molecule has 318 valence electrons. The largest absolute Gasteiger partial charge is 0.480 e. The molecule has 18 nitrogen and oxygen atoms in total. The number of carbonyl (C=O) groups is 7. The summed E-state index contributed by atoms with van der Waals surface area (Å²) >= 11 is 0. The summed E-state index contributed by atoms with van der Waals surface area (Å²) in [7, 11) is 0. The van der Waals surface area contributed by atoms with Crippen molar-refractivity contribution in [1.29, 1.82) is 0 Å². The molecule has 0 rings (SSSR count). The Kier molecular flexibility index (Phi) is 34.5. The SMILES string of the molecule is CCCCCCCC(=O)NCCCC(=O)NC(CCC(=O)NCCOCCOCC(=O)NCCOCCOCC(=O)NCCCC(=O)NCCCC)C(=O)O. The van der Waals surface area contributed by atoms with Crippen LogP contribution >= 0.6 is 0 Å². The first-order valence-corrected chi connectivity index (χ1v) is 19.8. The third kappa shape index (κ3) is 35.6. The fourth-order valence-corrected chi connectivity index (χ4v) is 4.71. The van der Waals surface area contributed by atoms with Gasteiger partial charge in [0.05, 0.1) is 39.6 Å². The predicted molar refractivity (Wildman–Crippen MR) is 204 cm³/mol. The van der Waals surface area contributed by atoms with Gasteiger partial charge in [-0.3, -0.25) is 28.8 Å². The van der Waals surface area contributed by atoms with Crippen LogP contribution in [0.3, 0.4) is 0 Å². The molecule has 18 heteroatoms. The normalized spacial score (nSPS) is 11.3. The van der Waals surface area contributed by atoms with E-state index in [1.165, 1.54) is 0 Å². The lowest BCUT2D eigenvalue weighted by Crippen LogP contribution is -2.42. The van der Waals surface area contributed by atoms with E-state index >= 15 is 0 Å². The summed E-state index contributed by atoms with van der Waals surface area (Å²) in [5.74, 6) is -2.76. The lowest BCUT2D eigenvalue weighted by molar-refractivity contribution is -0.142. The highest BCUT2D eigenvalue weighted by atomic mass is 16.5. The standard InChI is InChI=1S/C37H68N6O12/c1-3-5-7-8-9-12-31(44)39-18-11-14-34(47)43-30(37(50)51)15-16-33(46)41-20-22-52-24-27-55-29-36(49)42-21-23-53-25-26-54-28-35(48)40-19-10-13-32(45)38-17-6-4-2/h30H,3-29H2,1-2H3,(H,38,45)(H,39,44)(H,40,48)(H,41,46)(H,42,49)(H,43,47)(H,50,51).